The number of hydrogen-bond donors (Lipinski definition) is 4. The second kappa shape index (κ2) is 6.07. The molecule has 0 saturated carbocycles. The van der Waals surface area contributed by atoms with Crippen molar-refractivity contribution in [2.45, 2.75) is 38.1 Å². The average Bonchev–Trinajstić information content (AvgIpc) is 2.57. The number of hydrogen-bond acceptors (Lipinski definition) is 9. The highest BCUT2D eigenvalue weighted by Crippen LogP contribution is 2.50. The van der Waals surface area contributed by atoms with Gasteiger partial charge in [-0.3, -0.25) is 14.4 Å². The Morgan fingerprint density at radius 2 is 1.85 bits per heavy atom. The van der Waals surface area contributed by atoms with Gasteiger partial charge in [-0.2, -0.15) is 0 Å². The summed E-state index contributed by atoms with van der Waals surface area (Å²) >= 11 is 0. The van der Waals surface area contributed by atoms with Gasteiger partial charge in [0.2, 0.25) is 5.78 Å². The van der Waals surface area contributed by atoms with Gasteiger partial charge in [0.05, 0.1) is 18.2 Å². The monoisotopic (exact) mass is 378 g/mol. The predicted molar refractivity (Wildman–Crippen MR) is 88.4 cm³/mol. The first-order valence-electron chi connectivity index (χ1n) is 8.04. The molecule has 0 aromatic heterocycles. The van der Waals surface area contributed by atoms with Crippen molar-refractivity contribution in [3.05, 3.63) is 34.1 Å². The Kier molecular flexibility index (Phi) is 4.24. The van der Waals surface area contributed by atoms with Crippen LogP contribution in [0.2, 0.25) is 0 Å². The lowest BCUT2D eigenvalue weighted by Crippen LogP contribution is -2.51. The molecule has 2 aliphatic carbocycles. The van der Waals surface area contributed by atoms with Crippen molar-refractivity contribution < 1.29 is 44.3 Å². The van der Waals surface area contributed by atoms with E-state index in [0.717, 1.165) is 13.0 Å². The lowest BCUT2D eigenvalue weighted by Gasteiger charge is -2.41. The average molecular weight is 378 g/mol. The van der Waals surface area contributed by atoms with E-state index in [1.54, 1.807) is 0 Å². The molecule has 3 rings (SSSR count). The highest BCUT2D eigenvalue weighted by Gasteiger charge is 2.50. The van der Waals surface area contributed by atoms with Crippen molar-refractivity contribution >= 4 is 17.5 Å². The van der Waals surface area contributed by atoms with E-state index in [2.05, 4.69) is 0 Å². The summed E-state index contributed by atoms with van der Waals surface area (Å²) in [6.07, 6.45) is -2.67. The second-order valence-corrected chi connectivity index (χ2v) is 6.75. The number of aromatic hydroxyl groups is 2. The third-order valence-corrected chi connectivity index (χ3v) is 4.79. The Labute approximate surface area is 153 Å². The van der Waals surface area contributed by atoms with Gasteiger partial charge in [0, 0.05) is 30.5 Å². The summed E-state index contributed by atoms with van der Waals surface area (Å²) < 4.78 is 9.82. The number of carbonyl (C=O) groups excluding carboxylic acids is 3. The van der Waals surface area contributed by atoms with Gasteiger partial charge in [-0.25, -0.2) is 0 Å². The smallest absolute Gasteiger partial charge is 0.303 e. The van der Waals surface area contributed by atoms with E-state index in [0.29, 0.717) is 0 Å². The van der Waals surface area contributed by atoms with Crippen LogP contribution in [0.15, 0.2) is 11.8 Å². The molecule has 0 radical (unpaired) electrons. The highest BCUT2D eigenvalue weighted by atomic mass is 16.6. The molecule has 144 valence electrons. The fourth-order valence-corrected chi connectivity index (χ4v) is 3.60. The third kappa shape index (κ3) is 2.66. The highest BCUT2D eigenvalue weighted by molar-refractivity contribution is 6.26. The lowest BCUT2D eigenvalue weighted by atomic mass is 9.73. The number of benzene rings is 1. The molecule has 0 fully saturated rings. The van der Waals surface area contributed by atoms with Crippen LogP contribution < -0.4 is 0 Å². The molecule has 0 aliphatic heterocycles. The first-order valence-corrected chi connectivity index (χ1v) is 8.04. The van der Waals surface area contributed by atoms with E-state index in [1.165, 1.54) is 14.0 Å². The van der Waals surface area contributed by atoms with E-state index in [1.807, 2.05) is 0 Å². The molecule has 1 aromatic carbocycles. The molecule has 0 heterocycles. The maximum Gasteiger partial charge on any atom is 0.303 e. The number of carbonyl (C=O) groups is 3. The summed E-state index contributed by atoms with van der Waals surface area (Å²) in [6, 6.07) is 0. The summed E-state index contributed by atoms with van der Waals surface area (Å²) in [5.41, 5.74) is -3.16. The van der Waals surface area contributed by atoms with Gasteiger partial charge in [0.25, 0.3) is 0 Å². The molecule has 9 heteroatoms. The number of fused-ring (bicyclic) bond motifs is 2. The van der Waals surface area contributed by atoms with Crippen molar-refractivity contribution in [1.29, 1.82) is 0 Å². The van der Waals surface area contributed by atoms with Crippen LogP contribution in [0.5, 0.6) is 11.5 Å². The number of Topliss-reactive ketones (excluding diaryl/α,β-unsaturated/α-hetero) is 1. The Morgan fingerprint density at radius 1 is 1.22 bits per heavy atom. The van der Waals surface area contributed by atoms with E-state index in [4.69, 9.17) is 9.47 Å². The van der Waals surface area contributed by atoms with E-state index in [9.17, 15) is 34.8 Å². The number of rotatable bonds is 2. The number of phenolic OH excluding ortho intramolecular Hbond substituents is 2. The molecule has 9 nitrogen and oxygen atoms in total. The van der Waals surface area contributed by atoms with Crippen molar-refractivity contribution in [3.63, 3.8) is 0 Å². The molecular weight excluding hydrogens is 360 g/mol. The SMILES string of the molecule is COC1=CC(=O)c2c(O)c3c(c(O)c2C1=O)CC(C)(O)C(OC(C)=O)C3O. The van der Waals surface area contributed by atoms with Gasteiger partial charge in [0.1, 0.15) is 23.2 Å². The molecule has 27 heavy (non-hydrogen) atoms. The summed E-state index contributed by atoms with van der Waals surface area (Å²) in [5.74, 6) is -4.09. The van der Waals surface area contributed by atoms with Crippen molar-refractivity contribution in [2.24, 2.45) is 0 Å². The zero-order chi connectivity index (χ0) is 20.3. The van der Waals surface area contributed by atoms with Gasteiger partial charge in [-0.1, -0.05) is 0 Å². The van der Waals surface area contributed by atoms with E-state index >= 15 is 0 Å². The van der Waals surface area contributed by atoms with Crippen molar-refractivity contribution in [1.82, 2.24) is 0 Å². The first kappa shape index (κ1) is 18.9. The second-order valence-electron chi connectivity index (χ2n) is 6.75. The number of esters is 1. The quantitative estimate of drug-likeness (QED) is 0.420. The van der Waals surface area contributed by atoms with Gasteiger partial charge in [0.15, 0.2) is 17.6 Å². The summed E-state index contributed by atoms with van der Waals surface area (Å²) in [6.45, 7) is 2.36. The van der Waals surface area contributed by atoms with Crippen LogP contribution in [0.1, 0.15) is 51.8 Å². The third-order valence-electron chi connectivity index (χ3n) is 4.79. The zero-order valence-electron chi connectivity index (χ0n) is 14.8. The van der Waals surface area contributed by atoms with Crippen LogP contribution in [0, 0.1) is 0 Å². The number of ether oxygens (including phenoxy) is 2. The molecule has 2 aliphatic rings. The summed E-state index contributed by atoms with van der Waals surface area (Å²) in [4.78, 5) is 36.2. The Balaban J connectivity index is 2.29. The molecule has 1 aromatic rings. The topological polar surface area (TPSA) is 151 Å². The van der Waals surface area contributed by atoms with Crippen molar-refractivity contribution in [3.8, 4) is 11.5 Å². The number of allylic oxidation sites excluding steroid dienone is 2. The number of aliphatic hydroxyl groups excluding tert-OH is 1. The maximum atomic E-state index is 12.5. The van der Waals surface area contributed by atoms with Gasteiger partial charge < -0.3 is 29.9 Å². The van der Waals surface area contributed by atoms with Crippen LogP contribution in [0.3, 0.4) is 0 Å². The van der Waals surface area contributed by atoms with Crippen LogP contribution >= 0.6 is 0 Å². The summed E-state index contributed by atoms with van der Waals surface area (Å²) in [5, 5.41) is 42.5. The fourth-order valence-electron chi connectivity index (χ4n) is 3.60. The Bertz CT molecular complexity index is 910. The number of methoxy groups -OCH3 is 1. The lowest BCUT2D eigenvalue weighted by molar-refractivity contribution is -0.180. The minimum absolute atomic E-state index is 0.120. The Morgan fingerprint density at radius 3 is 2.41 bits per heavy atom. The Hall–Kier alpha value is -2.91. The number of phenols is 2. The van der Waals surface area contributed by atoms with E-state index in [-0.39, 0.29) is 23.3 Å². The molecular formula is C18H18O9. The fraction of sp³-hybridized carbons (Fsp3) is 0.389. The standard InChI is InChI=1S/C18H18O9/c1-6(19)27-17-16(24)10-7(5-18(17,2)25)13(21)12-11(15(10)23)8(20)4-9(26-3)14(12)22/h4,16-17,21,23-25H,5H2,1-3H3. The number of ketones is 2. The maximum absolute atomic E-state index is 12.5. The van der Waals surface area contributed by atoms with E-state index < -0.39 is 58.0 Å². The largest absolute Gasteiger partial charge is 0.507 e. The molecule has 0 spiro atoms. The molecule has 4 N–H and O–H groups in total. The van der Waals surface area contributed by atoms with Crippen LogP contribution in [-0.2, 0) is 20.7 Å². The molecule has 0 amide bonds. The van der Waals surface area contributed by atoms with Crippen LogP contribution in [-0.4, -0.2) is 56.8 Å². The van der Waals surface area contributed by atoms with Crippen molar-refractivity contribution in [2.75, 3.05) is 7.11 Å². The molecule has 0 saturated heterocycles. The molecule has 0 bridgehead atoms. The minimum Gasteiger partial charge on any atom is -0.507 e. The predicted octanol–water partition coefficient (Wildman–Crippen LogP) is 0.279. The first-order chi connectivity index (χ1) is 12.5. The normalized spacial score (nSPS) is 26.8. The van der Waals surface area contributed by atoms with Crippen LogP contribution in [0.25, 0.3) is 0 Å². The van der Waals surface area contributed by atoms with Gasteiger partial charge >= 0.3 is 5.97 Å². The summed E-state index contributed by atoms with van der Waals surface area (Å²) in [7, 11) is 1.18. The minimum atomic E-state index is -1.81. The van der Waals surface area contributed by atoms with Gasteiger partial charge in [-0.15, -0.1) is 0 Å². The van der Waals surface area contributed by atoms with Crippen LogP contribution in [0.4, 0.5) is 0 Å². The molecule has 3 unspecified atom stereocenters. The molecule has 3 atom stereocenters. The number of aliphatic hydroxyl groups is 2. The van der Waals surface area contributed by atoms with Gasteiger partial charge in [-0.05, 0) is 6.92 Å². The zero-order valence-corrected chi connectivity index (χ0v) is 14.8.